The zero-order valence-electron chi connectivity index (χ0n) is 15.3. The molecule has 3 aliphatic rings. The highest BCUT2D eigenvalue weighted by Gasteiger charge is 2.39. The first-order valence-corrected chi connectivity index (χ1v) is 11.0. The fraction of sp³-hybridized carbons (Fsp3) is 0.381. The van der Waals surface area contributed by atoms with E-state index in [2.05, 4.69) is 0 Å². The number of benzene rings is 2. The molecule has 1 aliphatic carbocycles. The van der Waals surface area contributed by atoms with Gasteiger partial charge in [-0.3, -0.25) is 9.10 Å². The minimum Gasteiger partial charge on any atom is -0.312 e. The predicted molar refractivity (Wildman–Crippen MR) is 104 cm³/mol. The predicted octanol–water partition coefficient (Wildman–Crippen LogP) is 3.13. The molecule has 1 amide bonds. The van der Waals surface area contributed by atoms with Crippen molar-refractivity contribution in [3.05, 3.63) is 53.6 Å². The first-order valence-electron chi connectivity index (χ1n) is 9.53. The molecule has 0 bridgehead atoms. The van der Waals surface area contributed by atoms with Crippen LogP contribution in [-0.2, 0) is 27.7 Å². The van der Waals surface area contributed by atoms with E-state index in [4.69, 9.17) is 0 Å². The van der Waals surface area contributed by atoms with E-state index in [0.29, 0.717) is 17.9 Å². The van der Waals surface area contributed by atoms with Gasteiger partial charge in [-0.15, -0.1) is 0 Å². The molecule has 2 aromatic carbocycles. The number of sulfonamides is 1. The van der Waals surface area contributed by atoms with Crippen LogP contribution in [0, 0.1) is 5.92 Å². The fourth-order valence-electron chi connectivity index (χ4n) is 4.34. The molecule has 0 N–H and O–H groups in total. The highest BCUT2D eigenvalue weighted by molar-refractivity contribution is 7.92. The van der Waals surface area contributed by atoms with Crippen LogP contribution in [0.25, 0.3) is 0 Å². The maximum atomic E-state index is 13.4. The summed E-state index contributed by atoms with van der Waals surface area (Å²) in [5, 5.41) is 0. The maximum Gasteiger partial charge on any atom is 0.264 e. The Kier molecular flexibility index (Phi) is 3.63. The lowest BCUT2D eigenvalue weighted by Crippen LogP contribution is -2.35. The van der Waals surface area contributed by atoms with E-state index in [1.165, 1.54) is 0 Å². The second kappa shape index (κ2) is 5.83. The molecular weight excluding hydrogens is 360 g/mol. The number of fused-ring (bicyclic) bond motifs is 2. The summed E-state index contributed by atoms with van der Waals surface area (Å²) in [6, 6.07) is 12.8. The van der Waals surface area contributed by atoms with E-state index >= 15 is 0 Å². The molecule has 1 fully saturated rings. The van der Waals surface area contributed by atoms with Gasteiger partial charge >= 0.3 is 0 Å². The van der Waals surface area contributed by atoms with Gasteiger partial charge in [-0.25, -0.2) is 8.42 Å². The molecule has 27 heavy (non-hydrogen) atoms. The smallest absolute Gasteiger partial charge is 0.264 e. The summed E-state index contributed by atoms with van der Waals surface area (Å²) in [6.45, 7) is 2.60. The van der Waals surface area contributed by atoms with E-state index in [1.54, 1.807) is 16.4 Å². The molecule has 0 aromatic heterocycles. The Morgan fingerprint density at radius 2 is 1.81 bits per heavy atom. The molecule has 5 nitrogen and oxygen atoms in total. The average molecular weight is 382 g/mol. The van der Waals surface area contributed by atoms with Gasteiger partial charge in [-0.05, 0) is 68.0 Å². The summed E-state index contributed by atoms with van der Waals surface area (Å²) >= 11 is 0. The number of hydrogen-bond donors (Lipinski definition) is 0. The Morgan fingerprint density at radius 3 is 2.59 bits per heavy atom. The van der Waals surface area contributed by atoms with Crippen molar-refractivity contribution in [3.8, 4) is 0 Å². The summed E-state index contributed by atoms with van der Waals surface area (Å²) in [7, 11) is -3.63. The van der Waals surface area contributed by atoms with E-state index in [-0.39, 0.29) is 17.9 Å². The number of carbonyl (C=O) groups is 1. The first kappa shape index (κ1) is 16.8. The lowest BCUT2D eigenvalue weighted by atomic mass is 10.1. The van der Waals surface area contributed by atoms with Gasteiger partial charge in [0.1, 0.15) is 0 Å². The molecule has 0 unspecified atom stereocenters. The first-order chi connectivity index (χ1) is 13.0. The highest BCUT2D eigenvalue weighted by atomic mass is 32.2. The van der Waals surface area contributed by atoms with Crippen molar-refractivity contribution in [2.24, 2.45) is 5.92 Å². The maximum absolute atomic E-state index is 13.4. The van der Waals surface area contributed by atoms with Gasteiger partial charge in [-0.2, -0.15) is 0 Å². The van der Waals surface area contributed by atoms with Crippen molar-refractivity contribution in [1.82, 2.24) is 0 Å². The topological polar surface area (TPSA) is 57.7 Å². The van der Waals surface area contributed by atoms with Crippen molar-refractivity contribution in [1.29, 1.82) is 0 Å². The second-order valence-corrected chi connectivity index (χ2v) is 9.60. The summed E-state index contributed by atoms with van der Waals surface area (Å²) in [6.07, 6.45) is 3.39. The molecule has 6 heteroatoms. The summed E-state index contributed by atoms with van der Waals surface area (Å²) in [5.74, 6) is 0.354. The third-order valence-electron chi connectivity index (χ3n) is 5.84. The Morgan fingerprint density at radius 1 is 1.04 bits per heavy atom. The number of anilines is 2. The average Bonchev–Trinajstić information content (AvgIpc) is 3.32. The van der Waals surface area contributed by atoms with Crippen LogP contribution in [0.3, 0.4) is 0 Å². The standard InChI is InChI=1S/C21H22N2O3S/c1-14-12-16-4-2-3-5-20(16)23(14)27(25,26)18-8-9-19-17(13-18)10-11-22(19)21(24)15-6-7-15/h2-5,8-9,13-15H,6-7,10-12H2,1H3/t14-/m0/s1. The van der Waals surface area contributed by atoms with Crippen LogP contribution in [-0.4, -0.2) is 26.9 Å². The number of amides is 1. The molecule has 1 atom stereocenters. The second-order valence-electron chi connectivity index (χ2n) is 7.79. The van der Waals surface area contributed by atoms with Crippen LogP contribution in [0.4, 0.5) is 11.4 Å². The normalized spacial score (nSPS) is 21.3. The van der Waals surface area contributed by atoms with Crippen molar-refractivity contribution in [3.63, 3.8) is 0 Å². The molecule has 2 aromatic rings. The van der Waals surface area contributed by atoms with Crippen molar-refractivity contribution in [2.75, 3.05) is 15.7 Å². The van der Waals surface area contributed by atoms with Crippen LogP contribution in [0.5, 0.6) is 0 Å². The zero-order chi connectivity index (χ0) is 18.8. The summed E-state index contributed by atoms with van der Waals surface area (Å²) < 4.78 is 28.3. The van der Waals surface area contributed by atoms with E-state index in [9.17, 15) is 13.2 Å². The van der Waals surface area contributed by atoms with E-state index in [0.717, 1.165) is 41.8 Å². The van der Waals surface area contributed by atoms with Crippen LogP contribution < -0.4 is 9.21 Å². The lowest BCUT2D eigenvalue weighted by molar-refractivity contribution is -0.119. The number of nitrogens with zero attached hydrogens (tertiary/aromatic N) is 2. The number of carbonyl (C=O) groups excluding carboxylic acids is 1. The molecule has 0 spiro atoms. The monoisotopic (exact) mass is 382 g/mol. The van der Waals surface area contributed by atoms with E-state index < -0.39 is 10.0 Å². The Hall–Kier alpha value is -2.34. The minimum atomic E-state index is -3.63. The SMILES string of the molecule is C[C@H]1Cc2ccccc2N1S(=O)(=O)c1ccc2c(c1)CCN2C(=O)C1CC1. The van der Waals surface area contributed by atoms with Crippen LogP contribution >= 0.6 is 0 Å². The Bertz CT molecular complexity index is 1040. The van der Waals surface area contributed by atoms with Crippen molar-refractivity contribution in [2.45, 2.75) is 43.5 Å². The van der Waals surface area contributed by atoms with Crippen LogP contribution in [0.1, 0.15) is 30.9 Å². The van der Waals surface area contributed by atoms with Gasteiger partial charge < -0.3 is 4.90 Å². The molecule has 2 aliphatic heterocycles. The summed E-state index contributed by atoms with van der Waals surface area (Å²) in [4.78, 5) is 14.6. The van der Waals surface area contributed by atoms with Gasteiger partial charge in [0.25, 0.3) is 10.0 Å². The Labute approximate surface area is 159 Å². The quantitative estimate of drug-likeness (QED) is 0.820. The minimum absolute atomic E-state index is 0.103. The largest absolute Gasteiger partial charge is 0.312 e. The number of rotatable bonds is 3. The van der Waals surface area contributed by atoms with Gasteiger partial charge in [0.15, 0.2) is 0 Å². The number of hydrogen-bond acceptors (Lipinski definition) is 3. The van der Waals surface area contributed by atoms with Crippen LogP contribution in [0.2, 0.25) is 0 Å². The fourth-order valence-corrected chi connectivity index (χ4v) is 6.08. The highest BCUT2D eigenvalue weighted by Crippen LogP contribution is 2.40. The van der Waals surface area contributed by atoms with Crippen LogP contribution in [0.15, 0.2) is 47.4 Å². The molecule has 140 valence electrons. The van der Waals surface area contributed by atoms with E-state index in [1.807, 2.05) is 42.2 Å². The molecule has 0 saturated heterocycles. The molecular formula is C21H22N2O3S. The molecule has 0 radical (unpaired) electrons. The lowest BCUT2D eigenvalue weighted by Gasteiger charge is -2.25. The van der Waals surface area contributed by atoms with Gasteiger partial charge in [0.05, 0.1) is 10.6 Å². The van der Waals surface area contributed by atoms with Crippen molar-refractivity contribution < 1.29 is 13.2 Å². The molecule has 2 heterocycles. The Balaban J connectivity index is 1.51. The number of para-hydroxylation sites is 1. The third kappa shape index (κ3) is 2.57. The van der Waals surface area contributed by atoms with Crippen molar-refractivity contribution >= 4 is 27.3 Å². The third-order valence-corrected chi connectivity index (χ3v) is 7.76. The van der Waals surface area contributed by atoms with Gasteiger partial charge in [-0.1, -0.05) is 18.2 Å². The molecule has 5 rings (SSSR count). The molecule has 1 saturated carbocycles. The van der Waals surface area contributed by atoms with Gasteiger partial charge in [0.2, 0.25) is 5.91 Å². The summed E-state index contributed by atoms with van der Waals surface area (Å²) in [5.41, 5.74) is 3.66. The van der Waals surface area contributed by atoms with Gasteiger partial charge in [0, 0.05) is 24.2 Å². The zero-order valence-corrected chi connectivity index (χ0v) is 16.1.